The molecule has 1 atom stereocenters. The van der Waals surface area contributed by atoms with E-state index in [4.69, 9.17) is 0 Å². The fourth-order valence-electron chi connectivity index (χ4n) is 4.48. The van der Waals surface area contributed by atoms with Gasteiger partial charge in [-0.2, -0.15) is 0 Å². The second kappa shape index (κ2) is 13.3. The van der Waals surface area contributed by atoms with Gasteiger partial charge in [-0.05, 0) is 56.3 Å². The molecule has 1 aromatic rings. The van der Waals surface area contributed by atoms with Crippen LogP contribution >= 0.6 is 24.0 Å². The van der Waals surface area contributed by atoms with Crippen molar-refractivity contribution in [2.24, 2.45) is 10.9 Å². The Labute approximate surface area is 200 Å². The fourth-order valence-corrected chi connectivity index (χ4v) is 4.48. The molecule has 0 radical (unpaired) electrons. The summed E-state index contributed by atoms with van der Waals surface area (Å²) in [5.74, 6) is 2.60. The highest BCUT2D eigenvalue weighted by Crippen LogP contribution is 2.18. The molecule has 0 aliphatic carbocycles. The minimum Gasteiger partial charge on any atom is -0.357 e. The summed E-state index contributed by atoms with van der Waals surface area (Å²) in [4.78, 5) is 14.1. The van der Waals surface area contributed by atoms with Crippen LogP contribution in [0.4, 0.5) is 5.82 Å². The third kappa shape index (κ3) is 7.55. The predicted molar refractivity (Wildman–Crippen MR) is 138 cm³/mol. The van der Waals surface area contributed by atoms with E-state index in [0.29, 0.717) is 12.0 Å². The van der Waals surface area contributed by atoms with Crippen molar-refractivity contribution < 1.29 is 0 Å². The third-order valence-corrected chi connectivity index (χ3v) is 6.28. The van der Waals surface area contributed by atoms with Crippen LogP contribution in [0.25, 0.3) is 0 Å². The first-order valence-corrected chi connectivity index (χ1v) is 11.6. The smallest absolute Gasteiger partial charge is 0.191 e. The number of aliphatic imine (C=N–C) groups is 1. The topological polar surface area (TPSA) is 55.8 Å². The molecule has 3 rings (SSSR count). The van der Waals surface area contributed by atoms with Crippen molar-refractivity contribution in [2.45, 2.75) is 65.0 Å². The molecule has 6 nitrogen and oxygen atoms in total. The van der Waals surface area contributed by atoms with E-state index in [1.54, 1.807) is 0 Å². The molecule has 1 unspecified atom stereocenters. The fraction of sp³-hybridized carbons (Fsp3) is 0.739. The zero-order valence-corrected chi connectivity index (χ0v) is 21.4. The first-order valence-electron chi connectivity index (χ1n) is 11.6. The number of anilines is 1. The second-order valence-corrected chi connectivity index (χ2v) is 8.79. The van der Waals surface area contributed by atoms with Crippen molar-refractivity contribution in [3.05, 3.63) is 23.9 Å². The zero-order valence-electron chi connectivity index (χ0n) is 19.1. The maximum atomic E-state index is 4.65. The van der Waals surface area contributed by atoms with Gasteiger partial charge in [-0.15, -0.1) is 24.0 Å². The summed E-state index contributed by atoms with van der Waals surface area (Å²) in [7, 11) is 1.85. The molecule has 2 aliphatic rings. The van der Waals surface area contributed by atoms with E-state index >= 15 is 0 Å². The summed E-state index contributed by atoms with van der Waals surface area (Å²) in [6.07, 6.45) is 9.96. The molecule has 0 saturated carbocycles. The van der Waals surface area contributed by atoms with Crippen LogP contribution in [0.2, 0.25) is 0 Å². The van der Waals surface area contributed by atoms with Gasteiger partial charge in [0.05, 0.1) is 0 Å². The average molecular weight is 529 g/mol. The minimum absolute atomic E-state index is 0. The second-order valence-electron chi connectivity index (χ2n) is 8.79. The van der Waals surface area contributed by atoms with Crippen LogP contribution in [0, 0.1) is 5.92 Å². The molecule has 2 fully saturated rings. The van der Waals surface area contributed by atoms with Crippen LogP contribution in [0.15, 0.2) is 23.3 Å². The SMILES string of the molecule is CN=C(NCc1ccc(N2CCCC2)nc1)NCC(C(C)C)N1CCCCCC1.I. The van der Waals surface area contributed by atoms with Crippen LogP contribution in [-0.2, 0) is 6.54 Å². The van der Waals surface area contributed by atoms with E-state index in [9.17, 15) is 0 Å². The molecule has 2 N–H and O–H groups in total. The van der Waals surface area contributed by atoms with Crippen molar-refractivity contribution in [1.82, 2.24) is 20.5 Å². The molecule has 170 valence electrons. The molecule has 1 aromatic heterocycles. The lowest BCUT2D eigenvalue weighted by atomic mass is 10.0. The number of aromatic nitrogens is 1. The van der Waals surface area contributed by atoms with Crippen LogP contribution in [0.3, 0.4) is 0 Å². The Kier molecular flexibility index (Phi) is 11.2. The molecule has 3 heterocycles. The van der Waals surface area contributed by atoms with Gasteiger partial charge in [0.15, 0.2) is 5.96 Å². The number of hydrogen-bond donors (Lipinski definition) is 2. The minimum atomic E-state index is 0. The molecular formula is C23H41IN6. The summed E-state index contributed by atoms with van der Waals surface area (Å²) in [6, 6.07) is 4.87. The first kappa shape index (κ1) is 25.2. The lowest BCUT2D eigenvalue weighted by Gasteiger charge is -2.34. The largest absolute Gasteiger partial charge is 0.357 e. The Balaban J connectivity index is 0.00000320. The zero-order chi connectivity index (χ0) is 20.5. The quantitative estimate of drug-likeness (QED) is 0.320. The molecule has 30 heavy (non-hydrogen) atoms. The molecule has 2 saturated heterocycles. The molecular weight excluding hydrogens is 487 g/mol. The number of likely N-dealkylation sites (tertiary alicyclic amines) is 1. The van der Waals surface area contributed by atoms with Gasteiger partial charge in [-0.1, -0.05) is 32.8 Å². The van der Waals surface area contributed by atoms with Gasteiger partial charge in [0.25, 0.3) is 0 Å². The maximum Gasteiger partial charge on any atom is 0.191 e. The van der Waals surface area contributed by atoms with Crippen molar-refractivity contribution in [3.63, 3.8) is 0 Å². The Morgan fingerprint density at radius 3 is 2.23 bits per heavy atom. The first-order chi connectivity index (χ1) is 14.2. The van der Waals surface area contributed by atoms with Crippen LogP contribution in [-0.4, -0.2) is 61.7 Å². The third-order valence-electron chi connectivity index (χ3n) is 6.28. The Morgan fingerprint density at radius 2 is 1.67 bits per heavy atom. The van der Waals surface area contributed by atoms with Crippen LogP contribution in [0.5, 0.6) is 0 Å². The van der Waals surface area contributed by atoms with Crippen molar-refractivity contribution in [1.29, 1.82) is 0 Å². The van der Waals surface area contributed by atoms with Gasteiger partial charge >= 0.3 is 0 Å². The van der Waals surface area contributed by atoms with E-state index in [1.807, 2.05) is 13.2 Å². The number of nitrogens with one attached hydrogen (secondary N) is 2. The lowest BCUT2D eigenvalue weighted by molar-refractivity contribution is 0.161. The average Bonchev–Trinajstić information content (AvgIpc) is 3.14. The highest BCUT2D eigenvalue weighted by atomic mass is 127. The van der Waals surface area contributed by atoms with E-state index in [0.717, 1.165) is 38.0 Å². The number of rotatable bonds is 7. The molecule has 7 heteroatoms. The van der Waals surface area contributed by atoms with Gasteiger partial charge in [0.1, 0.15) is 5.82 Å². The lowest BCUT2D eigenvalue weighted by Crippen LogP contribution is -2.49. The van der Waals surface area contributed by atoms with Crippen molar-refractivity contribution in [2.75, 3.05) is 44.7 Å². The predicted octanol–water partition coefficient (Wildman–Crippen LogP) is 3.87. The van der Waals surface area contributed by atoms with Crippen LogP contribution < -0.4 is 15.5 Å². The van der Waals surface area contributed by atoms with Crippen LogP contribution in [0.1, 0.15) is 57.9 Å². The number of nitrogens with zero attached hydrogens (tertiary/aromatic N) is 4. The number of hydrogen-bond acceptors (Lipinski definition) is 4. The van der Waals surface area contributed by atoms with Crippen molar-refractivity contribution >= 4 is 35.8 Å². The normalized spacial score (nSPS) is 19.3. The number of pyridine rings is 1. The number of halogens is 1. The van der Waals surface area contributed by atoms with E-state index < -0.39 is 0 Å². The maximum absolute atomic E-state index is 4.65. The molecule has 0 spiro atoms. The number of guanidine groups is 1. The van der Waals surface area contributed by atoms with Gasteiger partial charge in [0.2, 0.25) is 0 Å². The van der Waals surface area contributed by atoms with Gasteiger partial charge in [-0.3, -0.25) is 9.89 Å². The van der Waals surface area contributed by atoms with Gasteiger partial charge in [-0.25, -0.2) is 4.98 Å². The Hall–Kier alpha value is -1.09. The Morgan fingerprint density at radius 1 is 1.00 bits per heavy atom. The summed E-state index contributed by atoms with van der Waals surface area (Å²) >= 11 is 0. The van der Waals surface area contributed by atoms with E-state index in [-0.39, 0.29) is 24.0 Å². The Bertz CT molecular complexity index is 619. The monoisotopic (exact) mass is 528 g/mol. The molecule has 0 aromatic carbocycles. The van der Waals surface area contributed by atoms with E-state index in [2.05, 4.69) is 56.4 Å². The summed E-state index contributed by atoms with van der Waals surface area (Å²) < 4.78 is 0. The summed E-state index contributed by atoms with van der Waals surface area (Å²) in [5, 5.41) is 7.01. The van der Waals surface area contributed by atoms with Gasteiger partial charge < -0.3 is 15.5 Å². The standard InChI is InChI=1S/C23H40N6.HI/c1-19(2)21(28-12-6-4-5-7-13-28)18-27-23(24-3)26-17-20-10-11-22(25-16-20)29-14-8-9-15-29;/h10-11,16,19,21H,4-9,12-15,17-18H2,1-3H3,(H2,24,26,27);1H. The summed E-state index contributed by atoms with van der Waals surface area (Å²) in [6.45, 7) is 11.1. The highest BCUT2D eigenvalue weighted by Gasteiger charge is 2.23. The van der Waals surface area contributed by atoms with E-state index in [1.165, 1.54) is 57.2 Å². The molecule has 0 bridgehead atoms. The highest BCUT2D eigenvalue weighted by molar-refractivity contribution is 14.0. The van der Waals surface area contributed by atoms with Crippen molar-refractivity contribution in [3.8, 4) is 0 Å². The van der Waals surface area contributed by atoms with Gasteiger partial charge in [0, 0.05) is 45.5 Å². The molecule has 0 amide bonds. The summed E-state index contributed by atoms with van der Waals surface area (Å²) in [5.41, 5.74) is 1.18. The molecule has 2 aliphatic heterocycles.